The van der Waals surface area contributed by atoms with E-state index in [2.05, 4.69) is 10.2 Å². The maximum Gasteiger partial charge on any atom is 0.220 e. The highest BCUT2D eigenvalue weighted by Crippen LogP contribution is 2.21. The molecule has 0 radical (unpaired) electrons. The number of phenolic OH excluding ortho intramolecular Hbond substituents is 1. The van der Waals surface area contributed by atoms with Crippen LogP contribution in [0.3, 0.4) is 0 Å². The minimum absolute atomic E-state index is 0.0236. The molecule has 2 unspecified atom stereocenters. The van der Waals surface area contributed by atoms with E-state index in [0.29, 0.717) is 18.5 Å². The van der Waals surface area contributed by atoms with Gasteiger partial charge in [-0.25, -0.2) is 0 Å². The number of nitrogens with one attached hydrogen (secondary N) is 1. The molecule has 0 aromatic heterocycles. The van der Waals surface area contributed by atoms with Gasteiger partial charge in [-0.1, -0.05) is 19.1 Å². The molecule has 1 fully saturated rings. The smallest absolute Gasteiger partial charge is 0.220 e. The Morgan fingerprint density at radius 3 is 2.50 bits per heavy atom. The van der Waals surface area contributed by atoms with E-state index >= 15 is 0 Å². The summed E-state index contributed by atoms with van der Waals surface area (Å²) < 4.78 is 0. The Labute approximate surface area is 131 Å². The third-order valence-corrected chi connectivity index (χ3v) is 4.09. The third-order valence-electron chi connectivity index (χ3n) is 4.09. The molecule has 5 nitrogen and oxygen atoms in total. The van der Waals surface area contributed by atoms with Gasteiger partial charge in [0.1, 0.15) is 11.9 Å². The fourth-order valence-electron chi connectivity index (χ4n) is 2.88. The van der Waals surface area contributed by atoms with Gasteiger partial charge in [-0.15, -0.1) is 0 Å². The molecule has 1 aromatic rings. The quantitative estimate of drug-likeness (QED) is 0.718. The summed E-state index contributed by atoms with van der Waals surface area (Å²) in [6, 6.07) is 6.17. The van der Waals surface area contributed by atoms with Crippen molar-refractivity contribution in [2.75, 3.05) is 19.6 Å². The Balaban J connectivity index is 2.06. The number of nitrogens with zero attached hydrogens (tertiary/aromatic N) is 1. The van der Waals surface area contributed by atoms with Gasteiger partial charge in [0.15, 0.2) is 0 Å². The SMILES string of the molecule is CCCC(=O)NC(CN1CCCC1)C(O)c1ccc(O)cc1. The predicted molar refractivity (Wildman–Crippen MR) is 85.6 cm³/mol. The Morgan fingerprint density at radius 2 is 1.91 bits per heavy atom. The standard InChI is InChI=1S/C17H26N2O3/c1-2-5-16(21)18-15(12-19-10-3-4-11-19)17(22)13-6-8-14(20)9-7-13/h6-9,15,17,20,22H,2-5,10-12H2,1H3,(H,18,21). The van der Waals surface area contributed by atoms with E-state index in [9.17, 15) is 15.0 Å². The second-order valence-corrected chi connectivity index (χ2v) is 5.97. The Bertz CT molecular complexity index is 469. The van der Waals surface area contributed by atoms with Gasteiger partial charge in [-0.3, -0.25) is 4.79 Å². The lowest BCUT2D eigenvalue weighted by molar-refractivity contribution is -0.122. The van der Waals surface area contributed by atoms with Gasteiger partial charge < -0.3 is 20.4 Å². The summed E-state index contributed by atoms with van der Waals surface area (Å²) in [5, 5.41) is 23.0. The van der Waals surface area contributed by atoms with Crippen LogP contribution in [-0.4, -0.2) is 46.7 Å². The Kier molecular flexibility index (Phi) is 6.21. The van der Waals surface area contributed by atoms with Crippen LogP contribution in [0.5, 0.6) is 5.75 Å². The summed E-state index contributed by atoms with van der Waals surface area (Å²) in [7, 11) is 0. The number of aliphatic hydroxyl groups excluding tert-OH is 1. The average molecular weight is 306 g/mol. The van der Waals surface area contributed by atoms with Gasteiger partial charge >= 0.3 is 0 Å². The van der Waals surface area contributed by atoms with Crippen molar-refractivity contribution in [3.8, 4) is 5.75 Å². The number of amides is 1. The molecule has 122 valence electrons. The predicted octanol–water partition coefficient (Wildman–Crippen LogP) is 1.81. The van der Waals surface area contributed by atoms with Crippen LogP contribution in [0.4, 0.5) is 0 Å². The lowest BCUT2D eigenvalue weighted by atomic mass is 10.0. The molecule has 1 aliphatic rings. The van der Waals surface area contributed by atoms with Gasteiger partial charge in [0.25, 0.3) is 0 Å². The van der Waals surface area contributed by atoms with Gasteiger partial charge in [-0.05, 0) is 50.0 Å². The molecule has 1 amide bonds. The van der Waals surface area contributed by atoms with E-state index in [1.807, 2.05) is 6.92 Å². The lowest BCUT2D eigenvalue weighted by Crippen LogP contribution is -2.46. The Hall–Kier alpha value is -1.59. The maximum absolute atomic E-state index is 11.9. The number of benzene rings is 1. The molecule has 2 rings (SSSR count). The number of aromatic hydroxyl groups is 1. The third kappa shape index (κ3) is 4.71. The van der Waals surface area contributed by atoms with Crippen LogP contribution >= 0.6 is 0 Å². The number of phenols is 1. The number of hydrogen-bond donors (Lipinski definition) is 3. The number of carbonyl (C=O) groups excluding carboxylic acids is 1. The molecule has 1 saturated heterocycles. The zero-order valence-corrected chi connectivity index (χ0v) is 13.2. The van der Waals surface area contributed by atoms with Gasteiger partial charge in [0, 0.05) is 13.0 Å². The number of carbonyl (C=O) groups is 1. The van der Waals surface area contributed by atoms with Gasteiger partial charge in [-0.2, -0.15) is 0 Å². The molecular formula is C17H26N2O3. The van der Waals surface area contributed by atoms with Crippen LogP contribution < -0.4 is 5.32 Å². The molecule has 0 saturated carbocycles. The van der Waals surface area contributed by atoms with E-state index < -0.39 is 6.10 Å². The minimum atomic E-state index is -0.776. The zero-order chi connectivity index (χ0) is 15.9. The van der Waals surface area contributed by atoms with Crippen LogP contribution in [0, 0.1) is 0 Å². The zero-order valence-electron chi connectivity index (χ0n) is 13.2. The summed E-state index contributed by atoms with van der Waals surface area (Å²) in [4.78, 5) is 14.2. The highest BCUT2D eigenvalue weighted by Gasteiger charge is 2.26. The van der Waals surface area contributed by atoms with Crippen LogP contribution in [-0.2, 0) is 4.79 Å². The molecule has 22 heavy (non-hydrogen) atoms. The first-order valence-electron chi connectivity index (χ1n) is 8.09. The number of rotatable bonds is 7. The van der Waals surface area contributed by atoms with Crippen LogP contribution in [0.25, 0.3) is 0 Å². The lowest BCUT2D eigenvalue weighted by Gasteiger charge is -2.28. The maximum atomic E-state index is 11.9. The minimum Gasteiger partial charge on any atom is -0.508 e. The second kappa shape index (κ2) is 8.15. The van der Waals surface area contributed by atoms with Crippen LogP contribution in [0.1, 0.15) is 44.3 Å². The molecule has 3 N–H and O–H groups in total. The van der Waals surface area contributed by atoms with Crippen LogP contribution in [0.15, 0.2) is 24.3 Å². The highest BCUT2D eigenvalue weighted by molar-refractivity contribution is 5.76. The van der Waals surface area contributed by atoms with Crippen molar-refractivity contribution >= 4 is 5.91 Å². The van der Waals surface area contributed by atoms with Gasteiger partial charge in [0.2, 0.25) is 5.91 Å². The molecule has 1 aliphatic heterocycles. The van der Waals surface area contributed by atoms with E-state index in [4.69, 9.17) is 0 Å². The van der Waals surface area contributed by atoms with Crippen molar-refractivity contribution in [3.63, 3.8) is 0 Å². The molecule has 5 heteroatoms. The summed E-state index contributed by atoms with van der Waals surface area (Å²) in [6.07, 6.45) is 2.83. The monoisotopic (exact) mass is 306 g/mol. The van der Waals surface area contributed by atoms with E-state index in [1.165, 1.54) is 12.8 Å². The topological polar surface area (TPSA) is 72.8 Å². The van der Waals surface area contributed by atoms with Crippen molar-refractivity contribution in [2.24, 2.45) is 0 Å². The van der Waals surface area contributed by atoms with Crippen LogP contribution in [0.2, 0.25) is 0 Å². The number of hydrogen-bond acceptors (Lipinski definition) is 4. The van der Waals surface area contributed by atoms with E-state index in [1.54, 1.807) is 24.3 Å². The fourth-order valence-corrected chi connectivity index (χ4v) is 2.88. The first kappa shape index (κ1) is 16.8. The number of likely N-dealkylation sites (tertiary alicyclic amines) is 1. The summed E-state index contributed by atoms with van der Waals surface area (Å²) in [5.74, 6) is 0.145. The Morgan fingerprint density at radius 1 is 1.27 bits per heavy atom. The molecular weight excluding hydrogens is 280 g/mol. The van der Waals surface area contributed by atoms with Crippen molar-refractivity contribution in [1.29, 1.82) is 0 Å². The van der Waals surface area contributed by atoms with E-state index in [0.717, 1.165) is 19.5 Å². The second-order valence-electron chi connectivity index (χ2n) is 5.97. The normalized spacial score (nSPS) is 18.1. The summed E-state index contributed by atoms with van der Waals surface area (Å²) in [6.45, 7) is 4.65. The van der Waals surface area contributed by atoms with Crippen molar-refractivity contribution in [3.05, 3.63) is 29.8 Å². The molecule has 0 bridgehead atoms. The van der Waals surface area contributed by atoms with Crippen molar-refractivity contribution in [2.45, 2.75) is 44.8 Å². The molecule has 1 heterocycles. The largest absolute Gasteiger partial charge is 0.508 e. The first-order valence-corrected chi connectivity index (χ1v) is 8.09. The van der Waals surface area contributed by atoms with Gasteiger partial charge in [0.05, 0.1) is 6.04 Å². The van der Waals surface area contributed by atoms with Crippen molar-refractivity contribution < 1.29 is 15.0 Å². The molecule has 2 atom stereocenters. The van der Waals surface area contributed by atoms with Crippen molar-refractivity contribution in [1.82, 2.24) is 10.2 Å². The number of aliphatic hydroxyl groups is 1. The molecule has 0 spiro atoms. The summed E-state index contributed by atoms with van der Waals surface area (Å²) in [5.41, 5.74) is 0.707. The van der Waals surface area contributed by atoms with E-state index in [-0.39, 0.29) is 17.7 Å². The fraction of sp³-hybridized carbons (Fsp3) is 0.588. The highest BCUT2D eigenvalue weighted by atomic mass is 16.3. The first-order chi connectivity index (χ1) is 10.6. The summed E-state index contributed by atoms with van der Waals surface area (Å²) >= 11 is 0. The average Bonchev–Trinajstić information content (AvgIpc) is 3.00. The molecule has 1 aromatic carbocycles. The molecule has 0 aliphatic carbocycles.